The third-order valence-corrected chi connectivity index (χ3v) is 3.23. The number of aromatic amines is 1. The van der Waals surface area contributed by atoms with E-state index in [1.54, 1.807) is 30.3 Å². The van der Waals surface area contributed by atoms with Gasteiger partial charge in [-0.25, -0.2) is 14.4 Å². The van der Waals surface area contributed by atoms with Gasteiger partial charge in [0.15, 0.2) is 0 Å². The zero-order chi connectivity index (χ0) is 17.0. The monoisotopic (exact) mass is 317 g/mol. The van der Waals surface area contributed by atoms with E-state index in [9.17, 15) is 14.4 Å². The zero-order valence-corrected chi connectivity index (χ0v) is 12.8. The molecule has 120 valence electrons. The highest BCUT2D eigenvalue weighted by atomic mass is 16.5. The molecule has 0 aliphatic heterocycles. The van der Waals surface area contributed by atoms with E-state index in [1.165, 1.54) is 14.2 Å². The number of hydrogen-bond acceptors (Lipinski definition) is 6. The SMILES string of the molecule is COC(=O)c1[nH]c(-c2ccccc2)c(C(=O)OC)c1C(=O)OC. The molecule has 2 aromatic rings. The molecule has 7 heteroatoms. The molecule has 0 saturated carbocycles. The lowest BCUT2D eigenvalue weighted by Crippen LogP contribution is -2.14. The fraction of sp³-hybridized carbons (Fsp3) is 0.188. The Bertz CT molecular complexity index is 747. The molecular formula is C16H15NO6. The number of H-pyrrole nitrogens is 1. The number of carbonyl (C=O) groups excluding carboxylic acids is 3. The molecule has 0 spiro atoms. The first-order chi connectivity index (χ1) is 11.0. The van der Waals surface area contributed by atoms with Crippen molar-refractivity contribution in [2.75, 3.05) is 21.3 Å². The second-order valence-electron chi connectivity index (χ2n) is 4.47. The maximum atomic E-state index is 12.2. The van der Waals surface area contributed by atoms with E-state index >= 15 is 0 Å². The summed E-state index contributed by atoms with van der Waals surface area (Å²) in [6.45, 7) is 0. The molecule has 0 unspecified atom stereocenters. The van der Waals surface area contributed by atoms with Crippen LogP contribution in [0.25, 0.3) is 11.3 Å². The lowest BCUT2D eigenvalue weighted by Gasteiger charge is -2.05. The molecule has 0 fully saturated rings. The molecule has 0 aliphatic carbocycles. The molecule has 0 bridgehead atoms. The van der Waals surface area contributed by atoms with Gasteiger partial charge in [0.05, 0.1) is 27.0 Å². The largest absolute Gasteiger partial charge is 0.465 e. The van der Waals surface area contributed by atoms with Gasteiger partial charge in [-0.15, -0.1) is 0 Å². The van der Waals surface area contributed by atoms with E-state index in [0.29, 0.717) is 5.56 Å². The number of hydrogen-bond donors (Lipinski definition) is 1. The Morgan fingerprint density at radius 2 is 1.30 bits per heavy atom. The minimum atomic E-state index is -0.843. The minimum absolute atomic E-state index is 0.0778. The summed E-state index contributed by atoms with van der Waals surface area (Å²) in [4.78, 5) is 39.0. The molecule has 2 rings (SSSR count). The van der Waals surface area contributed by atoms with Crippen molar-refractivity contribution < 1.29 is 28.6 Å². The Hall–Kier alpha value is -3.09. The van der Waals surface area contributed by atoms with Crippen molar-refractivity contribution in [2.45, 2.75) is 0 Å². The van der Waals surface area contributed by atoms with E-state index in [1.807, 2.05) is 0 Å². The first kappa shape index (κ1) is 16.3. The van der Waals surface area contributed by atoms with E-state index in [-0.39, 0.29) is 22.5 Å². The van der Waals surface area contributed by atoms with Crippen LogP contribution in [0.4, 0.5) is 0 Å². The van der Waals surface area contributed by atoms with Crippen molar-refractivity contribution in [3.05, 3.63) is 47.2 Å². The first-order valence-corrected chi connectivity index (χ1v) is 6.61. The summed E-state index contributed by atoms with van der Waals surface area (Å²) in [6, 6.07) is 8.76. The quantitative estimate of drug-likeness (QED) is 0.685. The van der Waals surface area contributed by atoms with Crippen molar-refractivity contribution in [3.63, 3.8) is 0 Å². The molecule has 7 nitrogen and oxygen atoms in total. The molecule has 23 heavy (non-hydrogen) atoms. The first-order valence-electron chi connectivity index (χ1n) is 6.61. The van der Waals surface area contributed by atoms with Gasteiger partial charge in [-0.05, 0) is 5.56 Å². The number of aromatic nitrogens is 1. The van der Waals surface area contributed by atoms with E-state index in [0.717, 1.165) is 7.11 Å². The van der Waals surface area contributed by atoms with Gasteiger partial charge >= 0.3 is 17.9 Å². The summed E-state index contributed by atoms with van der Waals surface area (Å²) in [5.74, 6) is -2.40. The van der Waals surface area contributed by atoms with Crippen LogP contribution in [0.1, 0.15) is 31.2 Å². The van der Waals surface area contributed by atoms with Gasteiger partial charge in [-0.2, -0.15) is 0 Å². The summed E-state index contributed by atoms with van der Waals surface area (Å²) >= 11 is 0. The summed E-state index contributed by atoms with van der Waals surface area (Å²) in [5, 5.41) is 0. The number of methoxy groups -OCH3 is 3. The molecule has 0 atom stereocenters. The normalized spacial score (nSPS) is 10.0. The molecule has 1 aromatic carbocycles. The van der Waals surface area contributed by atoms with E-state index in [4.69, 9.17) is 4.74 Å². The average molecular weight is 317 g/mol. The minimum Gasteiger partial charge on any atom is -0.465 e. The summed E-state index contributed by atoms with van der Waals surface area (Å²) in [6.07, 6.45) is 0. The third-order valence-electron chi connectivity index (χ3n) is 3.23. The Balaban J connectivity index is 2.81. The van der Waals surface area contributed by atoms with Crippen LogP contribution < -0.4 is 0 Å². The molecule has 1 heterocycles. The van der Waals surface area contributed by atoms with Gasteiger partial charge < -0.3 is 19.2 Å². The van der Waals surface area contributed by atoms with Gasteiger partial charge in [0.25, 0.3) is 0 Å². The van der Waals surface area contributed by atoms with Crippen molar-refractivity contribution >= 4 is 17.9 Å². The van der Waals surface area contributed by atoms with Crippen LogP contribution in [0, 0.1) is 0 Å². The van der Waals surface area contributed by atoms with Crippen LogP contribution in [0.5, 0.6) is 0 Å². The highest BCUT2D eigenvalue weighted by Gasteiger charge is 2.32. The maximum absolute atomic E-state index is 12.2. The van der Waals surface area contributed by atoms with E-state index in [2.05, 4.69) is 14.5 Å². The zero-order valence-electron chi connectivity index (χ0n) is 12.8. The van der Waals surface area contributed by atoms with Gasteiger partial charge in [-0.3, -0.25) is 0 Å². The standard InChI is InChI=1S/C16H15NO6/c1-21-14(18)10-11(15(19)22-2)13(16(20)23-3)17-12(10)9-7-5-4-6-8-9/h4-8,17H,1-3H3. The fourth-order valence-corrected chi connectivity index (χ4v) is 2.19. The van der Waals surface area contributed by atoms with Crippen molar-refractivity contribution in [3.8, 4) is 11.3 Å². The average Bonchev–Trinajstić information content (AvgIpc) is 3.00. The number of rotatable bonds is 4. The molecule has 0 saturated heterocycles. The van der Waals surface area contributed by atoms with Gasteiger partial charge in [0.2, 0.25) is 0 Å². The molecule has 1 aromatic heterocycles. The summed E-state index contributed by atoms with van der Waals surface area (Å²) in [5.41, 5.74) is 0.418. The Morgan fingerprint density at radius 3 is 1.83 bits per heavy atom. The second kappa shape index (κ2) is 6.78. The predicted octanol–water partition coefficient (Wildman–Crippen LogP) is 2.04. The van der Waals surface area contributed by atoms with Crippen molar-refractivity contribution in [2.24, 2.45) is 0 Å². The Labute approximate surface area is 132 Å². The van der Waals surface area contributed by atoms with Crippen LogP contribution in [0.15, 0.2) is 30.3 Å². The Morgan fingerprint density at radius 1 is 0.783 bits per heavy atom. The molecule has 0 aliphatic rings. The lowest BCUT2D eigenvalue weighted by atomic mass is 10.0. The number of nitrogens with one attached hydrogen (secondary N) is 1. The maximum Gasteiger partial charge on any atom is 0.355 e. The van der Waals surface area contributed by atoms with Crippen molar-refractivity contribution in [1.29, 1.82) is 0 Å². The smallest absolute Gasteiger partial charge is 0.355 e. The van der Waals surface area contributed by atoms with E-state index < -0.39 is 17.9 Å². The number of ether oxygens (including phenoxy) is 3. The Kier molecular flexibility index (Phi) is 4.80. The van der Waals surface area contributed by atoms with Crippen LogP contribution in [-0.2, 0) is 14.2 Å². The van der Waals surface area contributed by atoms with Crippen LogP contribution >= 0.6 is 0 Å². The summed E-state index contributed by atoms with van der Waals surface area (Å²) in [7, 11) is 3.51. The predicted molar refractivity (Wildman–Crippen MR) is 80.2 cm³/mol. The molecular weight excluding hydrogens is 302 g/mol. The van der Waals surface area contributed by atoms with Gasteiger partial charge in [0, 0.05) is 0 Å². The van der Waals surface area contributed by atoms with Crippen molar-refractivity contribution in [1.82, 2.24) is 4.98 Å². The highest BCUT2D eigenvalue weighted by Crippen LogP contribution is 2.30. The van der Waals surface area contributed by atoms with Crippen LogP contribution in [0.3, 0.4) is 0 Å². The second-order valence-corrected chi connectivity index (χ2v) is 4.47. The molecule has 0 radical (unpaired) electrons. The van der Waals surface area contributed by atoms with Crippen LogP contribution in [0.2, 0.25) is 0 Å². The fourth-order valence-electron chi connectivity index (χ4n) is 2.19. The molecule has 1 N–H and O–H groups in total. The lowest BCUT2D eigenvalue weighted by molar-refractivity contribution is 0.0537. The number of esters is 3. The third kappa shape index (κ3) is 2.94. The number of benzene rings is 1. The topological polar surface area (TPSA) is 94.7 Å². The highest BCUT2D eigenvalue weighted by molar-refractivity contribution is 6.13. The number of carbonyl (C=O) groups is 3. The summed E-state index contributed by atoms with van der Waals surface area (Å²) < 4.78 is 14.1. The van der Waals surface area contributed by atoms with Crippen LogP contribution in [-0.4, -0.2) is 44.2 Å². The van der Waals surface area contributed by atoms with Gasteiger partial charge in [-0.1, -0.05) is 30.3 Å². The van der Waals surface area contributed by atoms with Gasteiger partial charge in [0.1, 0.15) is 16.8 Å². The molecule has 0 amide bonds.